The molecule has 1 saturated heterocycles. The highest BCUT2D eigenvalue weighted by Crippen LogP contribution is 2.27. The van der Waals surface area contributed by atoms with Gasteiger partial charge in [0.15, 0.2) is 5.82 Å². The Hall–Kier alpha value is -3.71. The van der Waals surface area contributed by atoms with Gasteiger partial charge in [-0.25, -0.2) is 4.79 Å². The van der Waals surface area contributed by atoms with Crippen molar-refractivity contribution >= 4 is 52.6 Å². The highest BCUT2D eigenvalue weighted by Gasteiger charge is 2.42. The average molecular weight is 610 g/mol. The number of anilines is 1. The van der Waals surface area contributed by atoms with E-state index >= 15 is 0 Å². The number of amides is 3. The standard InChI is InChI=1S/C26H34Cl2N8O5/c1-5-41-25(40)17(28)12-15(13-20-32-34-35-33-20)30-23(38)19-7-6-10-36(19)24(39)21(26(2,3)4)31-22(37)14-8-9-18(29)16(27)11-14/h8-9,11-12,15,19,21H,5-7,10,13,29H2,1-4H3,(H,30,38)(H,31,37)(H,32,33,34,35)/b17-12-/t15-,19-,21+/m1/s1. The van der Waals surface area contributed by atoms with Crippen molar-refractivity contribution in [3.8, 4) is 0 Å². The van der Waals surface area contributed by atoms with E-state index < -0.39 is 47.2 Å². The zero-order valence-electron chi connectivity index (χ0n) is 23.2. The van der Waals surface area contributed by atoms with Crippen molar-refractivity contribution in [2.24, 2.45) is 5.41 Å². The van der Waals surface area contributed by atoms with Crippen molar-refractivity contribution in [1.29, 1.82) is 0 Å². The number of esters is 1. The second-order valence-corrected chi connectivity index (χ2v) is 11.4. The van der Waals surface area contributed by atoms with E-state index in [0.29, 0.717) is 25.1 Å². The Balaban J connectivity index is 1.80. The molecule has 3 amide bonds. The molecular formula is C26H34Cl2N8O5. The molecule has 0 unspecified atom stereocenters. The minimum Gasteiger partial charge on any atom is -0.462 e. The third-order valence-electron chi connectivity index (χ3n) is 6.43. The molecule has 3 atom stereocenters. The fourth-order valence-electron chi connectivity index (χ4n) is 4.34. The van der Waals surface area contributed by atoms with Gasteiger partial charge in [-0.15, -0.1) is 10.2 Å². The molecule has 1 aliphatic heterocycles. The lowest BCUT2D eigenvalue weighted by Gasteiger charge is -2.35. The molecule has 0 radical (unpaired) electrons. The molecule has 2 heterocycles. The van der Waals surface area contributed by atoms with Crippen LogP contribution in [0, 0.1) is 5.41 Å². The molecule has 0 aliphatic carbocycles. The van der Waals surface area contributed by atoms with Crippen LogP contribution in [0.3, 0.4) is 0 Å². The van der Waals surface area contributed by atoms with Crippen molar-refractivity contribution in [1.82, 2.24) is 36.2 Å². The number of hydrogen-bond acceptors (Lipinski definition) is 9. The topological polar surface area (TPSA) is 185 Å². The number of nitrogen functional groups attached to an aromatic ring is 1. The number of H-pyrrole nitrogens is 1. The number of aromatic amines is 1. The number of aromatic nitrogens is 4. The molecule has 0 spiro atoms. The smallest absolute Gasteiger partial charge is 0.349 e. The summed E-state index contributed by atoms with van der Waals surface area (Å²) in [4.78, 5) is 53.9. The Morgan fingerprint density at radius 3 is 2.61 bits per heavy atom. The third kappa shape index (κ3) is 8.40. The zero-order chi connectivity index (χ0) is 30.3. The number of nitrogens with zero attached hydrogens (tertiary/aromatic N) is 4. The van der Waals surface area contributed by atoms with E-state index in [2.05, 4.69) is 31.3 Å². The number of nitrogens with one attached hydrogen (secondary N) is 3. The number of carbonyl (C=O) groups is 4. The van der Waals surface area contributed by atoms with Gasteiger partial charge in [-0.3, -0.25) is 14.4 Å². The van der Waals surface area contributed by atoms with Gasteiger partial charge in [-0.2, -0.15) is 5.21 Å². The molecule has 0 bridgehead atoms. The van der Waals surface area contributed by atoms with Gasteiger partial charge >= 0.3 is 5.97 Å². The van der Waals surface area contributed by atoms with Crippen molar-refractivity contribution in [3.63, 3.8) is 0 Å². The Morgan fingerprint density at radius 2 is 2.00 bits per heavy atom. The monoisotopic (exact) mass is 608 g/mol. The summed E-state index contributed by atoms with van der Waals surface area (Å²) in [5.41, 5.74) is 5.64. The molecule has 41 heavy (non-hydrogen) atoms. The van der Waals surface area contributed by atoms with E-state index in [-0.39, 0.29) is 34.5 Å². The highest BCUT2D eigenvalue weighted by molar-refractivity contribution is 6.41. The molecule has 222 valence electrons. The first-order valence-electron chi connectivity index (χ1n) is 13.0. The molecule has 1 aromatic heterocycles. The van der Waals surface area contributed by atoms with Gasteiger partial charge in [-0.1, -0.05) is 49.2 Å². The van der Waals surface area contributed by atoms with Crippen molar-refractivity contribution in [3.05, 3.63) is 45.7 Å². The van der Waals surface area contributed by atoms with E-state index in [9.17, 15) is 19.2 Å². The van der Waals surface area contributed by atoms with Crippen LogP contribution in [0.2, 0.25) is 5.02 Å². The maximum atomic E-state index is 13.8. The molecule has 1 fully saturated rings. The minimum absolute atomic E-state index is 0.0728. The Kier molecular flexibility index (Phi) is 10.7. The molecule has 5 N–H and O–H groups in total. The van der Waals surface area contributed by atoms with E-state index in [4.69, 9.17) is 33.7 Å². The van der Waals surface area contributed by atoms with Crippen molar-refractivity contribution < 1.29 is 23.9 Å². The predicted molar refractivity (Wildman–Crippen MR) is 152 cm³/mol. The molecule has 2 aromatic rings. The van der Waals surface area contributed by atoms with Crippen LogP contribution in [-0.2, 0) is 25.5 Å². The predicted octanol–water partition coefficient (Wildman–Crippen LogP) is 1.98. The second kappa shape index (κ2) is 13.8. The number of likely N-dealkylation sites (tertiary alicyclic amines) is 1. The molecule has 1 aliphatic rings. The van der Waals surface area contributed by atoms with Crippen LogP contribution in [0.5, 0.6) is 0 Å². The first-order chi connectivity index (χ1) is 19.3. The molecular weight excluding hydrogens is 575 g/mol. The van der Waals surface area contributed by atoms with Gasteiger partial charge in [0.2, 0.25) is 11.8 Å². The highest BCUT2D eigenvalue weighted by atomic mass is 35.5. The minimum atomic E-state index is -0.951. The van der Waals surface area contributed by atoms with E-state index in [1.165, 1.54) is 29.2 Å². The van der Waals surface area contributed by atoms with Crippen LogP contribution < -0.4 is 16.4 Å². The van der Waals surface area contributed by atoms with E-state index in [1.54, 1.807) is 6.92 Å². The van der Waals surface area contributed by atoms with Gasteiger partial charge < -0.3 is 26.0 Å². The molecule has 1 aromatic carbocycles. The van der Waals surface area contributed by atoms with Crippen LogP contribution in [0.25, 0.3) is 0 Å². The maximum Gasteiger partial charge on any atom is 0.349 e. The second-order valence-electron chi connectivity index (χ2n) is 10.6. The summed E-state index contributed by atoms with van der Waals surface area (Å²) in [6.45, 7) is 7.55. The van der Waals surface area contributed by atoms with E-state index in [0.717, 1.165) is 0 Å². The number of hydrogen-bond donors (Lipinski definition) is 4. The van der Waals surface area contributed by atoms with Crippen molar-refractivity contribution in [2.45, 2.75) is 65.1 Å². The molecule has 3 rings (SSSR count). The number of tetrazole rings is 1. The summed E-state index contributed by atoms with van der Waals surface area (Å²) < 4.78 is 4.92. The Labute approximate surface area is 247 Å². The number of halogens is 2. The van der Waals surface area contributed by atoms with Crippen LogP contribution in [-0.4, -0.2) is 80.5 Å². The summed E-state index contributed by atoms with van der Waals surface area (Å²) in [5.74, 6) is -1.83. The Morgan fingerprint density at radius 1 is 1.27 bits per heavy atom. The van der Waals surface area contributed by atoms with E-state index in [1.807, 2.05) is 20.8 Å². The van der Waals surface area contributed by atoms with Gasteiger partial charge in [0.25, 0.3) is 5.91 Å². The number of nitrogens with two attached hydrogens (primary N) is 1. The van der Waals surface area contributed by atoms with Crippen LogP contribution >= 0.6 is 23.2 Å². The summed E-state index contributed by atoms with van der Waals surface area (Å²) in [7, 11) is 0. The average Bonchev–Trinajstić information content (AvgIpc) is 3.60. The molecule has 15 heteroatoms. The molecule has 0 saturated carbocycles. The summed E-state index contributed by atoms with van der Waals surface area (Å²) in [5, 5.41) is 19.3. The molecule has 13 nitrogen and oxygen atoms in total. The van der Waals surface area contributed by atoms with Gasteiger partial charge in [0.1, 0.15) is 17.1 Å². The lowest BCUT2D eigenvalue weighted by molar-refractivity contribution is -0.142. The summed E-state index contributed by atoms with van der Waals surface area (Å²) >= 11 is 12.2. The number of ether oxygens (including phenoxy) is 1. The summed E-state index contributed by atoms with van der Waals surface area (Å²) in [6, 6.07) is 1.89. The zero-order valence-corrected chi connectivity index (χ0v) is 24.8. The SMILES string of the molecule is CCOC(=O)/C(Cl)=C/[C@H](Cc1nn[nH]n1)NC(=O)[C@H]1CCCN1C(=O)[C@H](NC(=O)c1ccc(N)c(Cl)c1)C(C)(C)C. The fourth-order valence-corrected chi connectivity index (χ4v) is 4.73. The van der Waals surface area contributed by atoms with Gasteiger partial charge in [0.05, 0.1) is 23.4 Å². The first kappa shape index (κ1) is 31.8. The van der Waals surface area contributed by atoms with Gasteiger partial charge in [0, 0.05) is 18.5 Å². The Bertz CT molecular complexity index is 1300. The number of benzene rings is 1. The summed E-state index contributed by atoms with van der Waals surface area (Å²) in [6.07, 6.45) is 2.39. The number of carbonyl (C=O) groups excluding carboxylic acids is 4. The lowest BCUT2D eigenvalue weighted by Crippen LogP contribution is -2.58. The first-order valence-corrected chi connectivity index (χ1v) is 13.8. The van der Waals surface area contributed by atoms with Crippen LogP contribution in [0.4, 0.5) is 5.69 Å². The van der Waals surface area contributed by atoms with Crippen molar-refractivity contribution in [2.75, 3.05) is 18.9 Å². The quantitative estimate of drug-likeness (QED) is 0.178. The lowest BCUT2D eigenvalue weighted by atomic mass is 9.85. The van der Waals surface area contributed by atoms with Crippen LogP contribution in [0.15, 0.2) is 29.3 Å². The largest absolute Gasteiger partial charge is 0.462 e. The van der Waals surface area contributed by atoms with Crippen LogP contribution in [0.1, 0.15) is 56.7 Å². The number of rotatable bonds is 10. The maximum absolute atomic E-state index is 13.8. The normalized spacial score (nSPS) is 17.1. The fraction of sp³-hybridized carbons (Fsp3) is 0.500. The van der Waals surface area contributed by atoms with Gasteiger partial charge in [-0.05, 0) is 49.5 Å². The third-order valence-corrected chi connectivity index (χ3v) is 7.03.